The summed E-state index contributed by atoms with van der Waals surface area (Å²) in [6.07, 6.45) is 3.11. The molecule has 22 heavy (non-hydrogen) atoms. The van der Waals surface area contributed by atoms with Crippen LogP contribution in [0, 0.1) is 20.8 Å². The Kier molecular flexibility index (Phi) is 5.76. The highest BCUT2D eigenvalue weighted by Gasteiger charge is 2.09. The van der Waals surface area contributed by atoms with Crippen LogP contribution in [0.15, 0.2) is 16.7 Å². The standard InChI is InChI=1S/C15H22BrN5O/c1-11-5-8-18-20(11)9-4-7-17-14(22)6-10-21-13(3)15(16)12(2)19-21/h5,8H,4,6-7,9-10H2,1-3H3,(H,17,22). The third-order valence-corrected chi connectivity index (χ3v) is 4.79. The molecular formula is C15H22BrN5O. The maximum Gasteiger partial charge on any atom is 0.221 e. The molecule has 6 nitrogen and oxygen atoms in total. The normalized spacial score (nSPS) is 10.9. The number of nitrogens with one attached hydrogen (secondary N) is 1. The molecule has 2 aromatic heterocycles. The van der Waals surface area contributed by atoms with E-state index in [4.69, 9.17) is 0 Å². The van der Waals surface area contributed by atoms with E-state index in [1.165, 1.54) is 0 Å². The summed E-state index contributed by atoms with van der Waals surface area (Å²) in [7, 11) is 0. The van der Waals surface area contributed by atoms with Crippen molar-refractivity contribution in [3.8, 4) is 0 Å². The summed E-state index contributed by atoms with van der Waals surface area (Å²) >= 11 is 3.49. The minimum atomic E-state index is 0.0564. The van der Waals surface area contributed by atoms with Crippen molar-refractivity contribution >= 4 is 21.8 Å². The number of hydrogen-bond acceptors (Lipinski definition) is 3. The van der Waals surface area contributed by atoms with Crippen molar-refractivity contribution in [3.63, 3.8) is 0 Å². The molecule has 7 heteroatoms. The Morgan fingerprint density at radius 1 is 1.27 bits per heavy atom. The Hall–Kier alpha value is -1.63. The summed E-state index contributed by atoms with van der Waals surface area (Å²) in [5.74, 6) is 0.0564. The number of aryl methyl sites for hydroxylation is 4. The van der Waals surface area contributed by atoms with Gasteiger partial charge in [0.25, 0.3) is 0 Å². The predicted molar refractivity (Wildman–Crippen MR) is 88.6 cm³/mol. The van der Waals surface area contributed by atoms with Crippen molar-refractivity contribution in [3.05, 3.63) is 33.8 Å². The molecule has 1 amide bonds. The minimum absolute atomic E-state index is 0.0564. The molecule has 2 aromatic rings. The highest BCUT2D eigenvalue weighted by Crippen LogP contribution is 2.19. The number of aromatic nitrogens is 4. The van der Waals surface area contributed by atoms with Crippen molar-refractivity contribution in [1.82, 2.24) is 24.9 Å². The second-order valence-corrected chi connectivity index (χ2v) is 6.15. The fraction of sp³-hybridized carbons (Fsp3) is 0.533. The van der Waals surface area contributed by atoms with Crippen LogP contribution in [0.25, 0.3) is 0 Å². The lowest BCUT2D eigenvalue weighted by atomic mass is 10.3. The summed E-state index contributed by atoms with van der Waals surface area (Å²) in [4.78, 5) is 11.9. The van der Waals surface area contributed by atoms with E-state index in [2.05, 4.69) is 31.4 Å². The lowest BCUT2D eigenvalue weighted by molar-refractivity contribution is -0.121. The number of carbonyl (C=O) groups excluding carboxylic acids is 1. The molecule has 0 saturated heterocycles. The van der Waals surface area contributed by atoms with Crippen molar-refractivity contribution in [1.29, 1.82) is 0 Å². The molecule has 0 fully saturated rings. The molecule has 0 unspecified atom stereocenters. The average molecular weight is 368 g/mol. The highest BCUT2D eigenvalue weighted by molar-refractivity contribution is 9.10. The van der Waals surface area contributed by atoms with E-state index in [-0.39, 0.29) is 5.91 Å². The van der Waals surface area contributed by atoms with Gasteiger partial charge in [0, 0.05) is 37.1 Å². The van der Waals surface area contributed by atoms with Crippen LogP contribution in [-0.4, -0.2) is 32.0 Å². The second-order valence-electron chi connectivity index (χ2n) is 5.36. The van der Waals surface area contributed by atoms with Crippen LogP contribution in [0.2, 0.25) is 0 Å². The van der Waals surface area contributed by atoms with Gasteiger partial charge in [-0.3, -0.25) is 14.2 Å². The van der Waals surface area contributed by atoms with E-state index in [1.807, 2.05) is 36.2 Å². The fourth-order valence-electron chi connectivity index (χ4n) is 2.28. The number of nitrogens with zero attached hydrogens (tertiary/aromatic N) is 4. The third kappa shape index (κ3) is 4.19. The van der Waals surface area contributed by atoms with Gasteiger partial charge in [-0.15, -0.1) is 0 Å². The number of amides is 1. The van der Waals surface area contributed by atoms with Crippen molar-refractivity contribution in [2.75, 3.05) is 6.54 Å². The number of carbonyl (C=O) groups is 1. The summed E-state index contributed by atoms with van der Waals surface area (Å²) in [6, 6.07) is 1.98. The van der Waals surface area contributed by atoms with Crippen LogP contribution < -0.4 is 5.32 Å². The van der Waals surface area contributed by atoms with Gasteiger partial charge in [-0.2, -0.15) is 10.2 Å². The van der Waals surface area contributed by atoms with E-state index < -0.39 is 0 Å². The molecule has 0 aliphatic heterocycles. The maximum atomic E-state index is 11.9. The molecule has 0 aliphatic carbocycles. The van der Waals surface area contributed by atoms with Gasteiger partial charge in [0.2, 0.25) is 5.91 Å². The van der Waals surface area contributed by atoms with Crippen molar-refractivity contribution in [2.45, 2.75) is 46.7 Å². The van der Waals surface area contributed by atoms with E-state index in [0.29, 0.717) is 19.5 Å². The number of rotatable bonds is 7. The largest absolute Gasteiger partial charge is 0.356 e. The van der Waals surface area contributed by atoms with Crippen LogP contribution in [0.4, 0.5) is 0 Å². The first-order valence-corrected chi connectivity index (χ1v) is 8.23. The number of halogens is 1. The summed E-state index contributed by atoms with van der Waals surface area (Å²) in [6.45, 7) is 8.06. The van der Waals surface area contributed by atoms with Gasteiger partial charge in [0.1, 0.15) is 0 Å². The van der Waals surface area contributed by atoms with Gasteiger partial charge >= 0.3 is 0 Å². The molecule has 0 aliphatic rings. The summed E-state index contributed by atoms with van der Waals surface area (Å²) in [5.41, 5.74) is 3.15. The molecule has 2 heterocycles. The van der Waals surface area contributed by atoms with Gasteiger partial charge < -0.3 is 5.32 Å². The Morgan fingerprint density at radius 2 is 2.05 bits per heavy atom. The molecule has 0 radical (unpaired) electrons. The molecule has 0 atom stereocenters. The Bertz CT molecular complexity index is 646. The maximum absolute atomic E-state index is 11.9. The average Bonchev–Trinajstić information content (AvgIpc) is 3.00. The van der Waals surface area contributed by atoms with Crippen LogP contribution in [0.3, 0.4) is 0 Å². The van der Waals surface area contributed by atoms with Gasteiger partial charge in [-0.1, -0.05) is 0 Å². The van der Waals surface area contributed by atoms with Crippen LogP contribution >= 0.6 is 15.9 Å². The zero-order valence-corrected chi connectivity index (χ0v) is 14.9. The van der Waals surface area contributed by atoms with Crippen molar-refractivity contribution < 1.29 is 4.79 Å². The Labute approximate surface area is 139 Å². The lowest BCUT2D eigenvalue weighted by Crippen LogP contribution is -2.26. The van der Waals surface area contributed by atoms with Crippen LogP contribution in [0.1, 0.15) is 29.9 Å². The zero-order chi connectivity index (χ0) is 16.1. The first-order valence-electron chi connectivity index (χ1n) is 7.43. The quantitative estimate of drug-likeness (QED) is 0.764. The SMILES string of the molecule is Cc1nn(CCC(=O)NCCCn2nccc2C)c(C)c1Br. The van der Waals surface area contributed by atoms with E-state index >= 15 is 0 Å². The summed E-state index contributed by atoms with van der Waals surface area (Å²) in [5, 5.41) is 11.6. The fourth-order valence-corrected chi connectivity index (χ4v) is 2.56. The van der Waals surface area contributed by atoms with Gasteiger partial charge in [-0.25, -0.2) is 0 Å². The monoisotopic (exact) mass is 367 g/mol. The predicted octanol–water partition coefficient (Wildman–Crippen LogP) is 2.36. The van der Waals surface area contributed by atoms with Crippen molar-refractivity contribution in [2.24, 2.45) is 0 Å². The first-order chi connectivity index (χ1) is 10.5. The van der Waals surface area contributed by atoms with E-state index in [1.54, 1.807) is 6.20 Å². The molecule has 0 spiro atoms. The first kappa shape index (κ1) is 16.7. The molecular weight excluding hydrogens is 346 g/mol. The second kappa shape index (κ2) is 7.58. The molecule has 0 bridgehead atoms. The van der Waals surface area contributed by atoms with Crippen LogP contribution in [-0.2, 0) is 17.9 Å². The van der Waals surface area contributed by atoms with Gasteiger partial charge in [0.05, 0.1) is 16.7 Å². The van der Waals surface area contributed by atoms with Crippen LogP contribution in [0.5, 0.6) is 0 Å². The molecule has 0 aromatic carbocycles. The summed E-state index contributed by atoms with van der Waals surface area (Å²) < 4.78 is 4.83. The minimum Gasteiger partial charge on any atom is -0.356 e. The molecule has 1 N–H and O–H groups in total. The Morgan fingerprint density at radius 3 is 2.64 bits per heavy atom. The Balaban J connectivity index is 1.68. The molecule has 0 saturated carbocycles. The smallest absolute Gasteiger partial charge is 0.221 e. The zero-order valence-electron chi connectivity index (χ0n) is 13.3. The molecule has 2 rings (SSSR count). The number of hydrogen-bond donors (Lipinski definition) is 1. The van der Waals surface area contributed by atoms with Gasteiger partial charge in [0.15, 0.2) is 0 Å². The highest BCUT2D eigenvalue weighted by atomic mass is 79.9. The van der Waals surface area contributed by atoms with Gasteiger partial charge in [-0.05, 0) is 49.2 Å². The van der Waals surface area contributed by atoms with E-state index in [9.17, 15) is 4.79 Å². The lowest BCUT2D eigenvalue weighted by Gasteiger charge is -2.07. The third-order valence-electron chi connectivity index (χ3n) is 3.64. The van der Waals surface area contributed by atoms with E-state index in [0.717, 1.165) is 34.5 Å². The topological polar surface area (TPSA) is 64.7 Å². The molecule has 120 valence electrons.